The summed E-state index contributed by atoms with van der Waals surface area (Å²) in [6.45, 7) is 0.805. The molecule has 1 atom stereocenters. The molecule has 164 valence electrons. The molecule has 3 heterocycles. The number of aromatic nitrogens is 3. The van der Waals surface area contributed by atoms with Gasteiger partial charge < -0.3 is 5.32 Å². The molecule has 0 spiro atoms. The van der Waals surface area contributed by atoms with Crippen molar-refractivity contribution in [2.75, 3.05) is 0 Å². The minimum atomic E-state index is -0.829. The second kappa shape index (κ2) is 8.88. The molecule has 0 amide bonds. The third-order valence-corrected chi connectivity index (χ3v) is 7.15. The van der Waals surface area contributed by atoms with Crippen molar-refractivity contribution in [1.29, 1.82) is 0 Å². The van der Waals surface area contributed by atoms with Gasteiger partial charge in [-0.05, 0) is 43.0 Å². The lowest BCUT2D eigenvalue weighted by molar-refractivity contribution is 0.445. The fourth-order valence-corrected chi connectivity index (χ4v) is 5.51. The molecule has 1 aliphatic rings. The Morgan fingerprint density at radius 1 is 1.16 bits per heavy atom. The van der Waals surface area contributed by atoms with Crippen LogP contribution in [-0.4, -0.2) is 20.6 Å². The molecule has 0 saturated heterocycles. The molecule has 3 aromatic heterocycles. The Kier molecular flexibility index (Phi) is 5.80. The molecule has 0 unspecified atom stereocenters. The smallest absolute Gasteiger partial charge is 0.262 e. The standard InChI is InChI=1S/C24H22F2N4OS/c25-19-6-3-4-15(22(19)26)13-28-17-7-8-18-20(12-17)32-23-21(18)24(31)30(14-29-23)11-9-16-5-1-2-10-27-16/h1-6,10,14,17,28H,7-9,11-13H2/t17-/m0/s1. The number of benzene rings is 1. The highest BCUT2D eigenvalue weighted by atomic mass is 32.1. The highest BCUT2D eigenvalue weighted by Crippen LogP contribution is 2.33. The number of rotatable bonds is 6. The van der Waals surface area contributed by atoms with Gasteiger partial charge in [-0.2, -0.15) is 0 Å². The molecule has 1 N–H and O–H groups in total. The lowest BCUT2D eigenvalue weighted by Crippen LogP contribution is -2.34. The number of fused-ring (bicyclic) bond motifs is 3. The SMILES string of the molecule is O=c1c2c3c(sc2ncn1CCc1ccccn1)C[C@@H](NCc1cccc(F)c1F)CC3. The van der Waals surface area contributed by atoms with Crippen LogP contribution >= 0.6 is 11.3 Å². The first-order valence-corrected chi connectivity index (χ1v) is 11.5. The molecule has 0 radical (unpaired) electrons. The summed E-state index contributed by atoms with van der Waals surface area (Å²) in [6.07, 6.45) is 6.39. The van der Waals surface area contributed by atoms with Crippen molar-refractivity contribution in [1.82, 2.24) is 19.9 Å². The summed E-state index contributed by atoms with van der Waals surface area (Å²) in [7, 11) is 0. The van der Waals surface area contributed by atoms with E-state index < -0.39 is 11.6 Å². The third kappa shape index (κ3) is 4.08. The topological polar surface area (TPSA) is 59.8 Å². The third-order valence-electron chi connectivity index (χ3n) is 5.98. The van der Waals surface area contributed by atoms with Gasteiger partial charge in [0.25, 0.3) is 5.56 Å². The van der Waals surface area contributed by atoms with E-state index in [9.17, 15) is 13.6 Å². The van der Waals surface area contributed by atoms with Gasteiger partial charge in [0.15, 0.2) is 11.6 Å². The molecule has 1 aliphatic carbocycles. The fraction of sp³-hybridized carbons (Fsp3) is 0.292. The highest BCUT2D eigenvalue weighted by molar-refractivity contribution is 7.18. The maximum atomic E-state index is 13.9. The van der Waals surface area contributed by atoms with Crippen LogP contribution in [0.3, 0.4) is 0 Å². The average Bonchev–Trinajstić information content (AvgIpc) is 3.19. The van der Waals surface area contributed by atoms with E-state index in [4.69, 9.17) is 0 Å². The molecule has 4 aromatic rings. The number of hydrogen-bond donors (Lipinski definition) is 1. The van der Waals surface area contributed by atoms with E-state index in [0.717, 1.165) is 51.7 Å². The van der Waals surface area contributed by atoms with Crippen LogP contribution in [0.4, 0.5) is 8.78 Å². The molecule has 8 heteroatoms. The van der Waals surface area contributed by atoms with Gasteiger partial charge in [-0.3, -0.25) is 14.3 Å². The van der Waals surface area contributed by atoms with Crippen molar-refractivity contribution < 1.29 is 8.78 Å². The summed E-state index contributed by atoms with van der Waals surface area (Å²) in [5, 5.41) is 4.07. The second-order valence-corrected chi connectivity index (χ2v) is 9.12. The minimum Gasteiger partial charge on any atom is -0.309 e. The Bertz CT molecular complexity index is 1320. The molecule has 32 heavy (non-hydrogen) atoms. The number of hydrogen-bond acceptors (Lipinski definition) is 5. The van der Waals surface area contributed by atoms with Gasteiger partial charge >= 0.3 is 0 Å². The summed E-state index contributed by atoms with van der Waals surface area (Å²) >= 11 is 1.56. The molecule has 0 fully saturated rings. The zero-order valence-electron chi connectivity index (χ0n) is 17.4. The first-order chi connectivity index (χ1) is 15.6. The lowest BCUT2D eigenvalue weighted by Gasteiger charge is -2.23. The summed E-state index contributed by atoms with van der Waals surface area (Å²) < 4.78 is 29.0. The highest BCUT2D eigenvalue weighted by Gasteiger charge is 2.25. The number of nitrogens with zero attached hydrogens (tertiary/aromatic N) is 3. The average molecular weight is 453 g/mol. The first-order valence-electron chi connectivity index (χ1n) is 10.7. The van der Waals surface area contributed by atoms with Gasteiger partial charge in [0.05, 0.1) is 11.7 Å². The largest absolute Gasteiger partial charge is 0.309 e. The van der Waals surface area contributed by atoms with Crippen LogP contribution in [0.5, 0.6) is 0 Å². The van der Waals surface area contributed by atoms with Crippen molar-refractivity contribution in [2.24, 2.45) is 0 Å². The van der Waals surface area contributed by atoms with Crippen LogP contribution < -0.4 is 10.9 Å². The maximum Gasteiger partial charge on any atom is 0.262 e. The lowest BCUT2D eigenvalue weighted by atomic mass is 9.93. The molecular weight excluding hydrogens is 430 g/mol. The van der Waals surface area contributed by atoms with E-state index in [1.54, 1.807) is 34.5 Å². The van der Waals surface area contributed by atoms with E-state index in [1.165, 1.54) is 6.07 Å². The monoisotopic (exact) mass is 452 g/mol. The van der Waals surface area contributed by atoms with Crippen LogP contribution in [-0.2, 0) is 32.4 Å². The molecule has 0 aliphatic heterocycles. The Morgan fingerprint density at radius 2 is 2.06 bits per heavy atom. The predicted octanol–water partition coefficient (Wildman–Crippen LogP) is 4.02. The number of pyridine rings is 1. The zero-order chi connectivity index (χ0) is 22.1. The van der Waals surface area contributed by atoms with E-state index in [1.807, 2.05) is 18.2 Å². The van der Waals surface area contributed by atoms with Crippen LogP contribution in [0, 0.1) is 11.6 Å². The number of aryl methyl sites for hydroxylation is 3. The van der Waals surface area contributed by atoms with Gasteiger partial charge in [0.1, 0.15) is 4.83 Å². The molecule has 1 aromatic carbocycles. The zero-order valence-corrected chi connectivity index (χ0v) is 18.2. The van der Waals surface area contributed by atoms with E-state index >= 15 is 0 Å². The molecule has 0 saturated carbocycles. The van der Waals surface area contributed by atoms with Crippen molar-refractivity contribution in [3.63, 3.8) is 0 Å². The number of nitrogens with one attached hydrogen (secondary N) is 1. The number of thiophene rings is 1. The summed E-state index contributed by atoms with van der Waals surface area (Å²) in [5.74, 6) is -1.63. The van der Waals surface area contributed by atoms with Crippen molar-refractivity contribution in [2.45, 2.75) is 44.8 Å². The summed E-state index contributed by atoms with van der Waals surface area (Å²) in [5.41, 5.74) is 2.35. The van der Waals surface area contributed by atoms with Crippen molar-refractivity contribution >= 4 is 21.6 Å². The van der Waals surface area contributed by atoms with Crippen LogP contribution in [0.2, 0.25) is 0 Å². The minimum absolute atomic E-state index is 0.00308. The molecule has 0 bridgehead atoms. The van der Waals surface area contributed by atoms with Gasteiger partial charge in [-0.25, -0.2) is 13.8 Å². The fourth-order valence-electron chi connectivity index (χ4n) is 4.25. The number of halogens is 2. The Hall–Kier alpha value is -2.97. The van der Waals surface area contributed by atoms with Crippen molar-refractivity contribution in [3.8, 4) is 0 Å². The van der Waals surface area contributed by atoms with Gasteiger partial charge in [-0.15, -0.1) is 11.3 Å². The quantitative estimate of drug-likeness (QED) is 0.480. The van der Waals surface area contributed by atoms with Crippen molar-refractivity contribution in [3.05, 3.63) is 92.6 Å². The van der Waals surface area contributed by atoms with Crippen LogP contribution in [0.25, 0.3) is 10.2 Å². The second-order valence-electron chi connectivity index (χ2n) is 8.03. The van der Waals surface area contributed by atoms with E-state index in [2.05, 4.69) is 15.3 Å². The van der Waals surface area contributed by atoms with Crippen LogP contribution in [0.1, 0.15) is 28.1 Å². The summed E-state index contributed by atoms with van der Waals surface area (Å²) in [4.78, 5) is 23.9. The molecule has 5 rings (SSSR count). The van der Waals surface area contributed by atoms with Gasteiger partial charge in [0.2, 0.25) is 0 Å². The summed E-state index contributed by atoms with van der Waals surface area (Å²) in [6, 6.07) is 10.1. The Balaban J connectivity index is 1.32. The van der Waals surface area contributed by atoms with Gasteiger partial charge in [-0.1, -0.05) is 18.2 Å². The van der Waals surface area contributed by atoms with Gasteiger partial charge in [0, 0.05) is 47.9 Å². The predicted molar refractivity (Wildman–Crippen MR) is 121 cm³/mol. The normalized spacial score (nSPS) is 15.8. The van der Waals surface area contributed by atoms with E-state index in [0.29, 0.717) is 18.5 Å². The maximum absolute atomic E-state index is 13.9. The molecular formula is C24H22F2N4OS. The van der Waals surface area contributed by atoms with Crippen LogP contribution in [0.15, 0.2) is 53.7 Å². The Morgan fingerprint density at radius 3 is 2.91 bits per heavy atom. The van der Waals surface area contributed by atoms with E-state index in [-0.39, 0.29) is 18.1 Å². The molecule has 5 nitrogen and oxygen atoms in total. The first kappa shape index (κ1) is 20.9. The Labute approximate surface area is 187 Å².